The molecule has 0 unspecified atom stereocenters. The minimum Gasteiger partial charge on any atom is -0.497 e. The predicted molar refractivity (Wildman–Crippen MR) is 100 cm³/mol. The molecule has 2 aromatic carbocycles. The first-order chi connectivity index (χ1) is 13.2. The summed E-state index contributed by atoms with van der Waals surface area (Å²) in [6.45, 7) is 0.332. The molecule has 0 saturated carbocycles. The lowest BCUT2D eigenvalue weighted by molar-refractivity contribution is 0.0952. The second-order valence-corrected chi connectivity index (χ2v) is 5.95. The summed E-state index contributed by atoms with van der Waals surface area (Å²) >= 11 is 0. The van der Waals surface area contributed by atoms with Crippen molar-refractivity contribution in [2.45, 2.75) is 6.54 Å². The van der Waals surface area contributed by atoms with Crippen molar-refractivity contribution >= 4 is 22.8 Å². The molecule has 0 aliphatic carbocycles. The van der Waals surface area contributed by atoms with E-state index in [1.54, 1.807) is 13.4 Å². The van der Waals surface area contributed by atoms with Crippen LogP contribution in [-0.4, -0.2) is 18.2 Å². The topological polar surface area (TPSA) is 104 Å². The SMILES string of the molecule is COc1ccc(CNC(=O)c2c(-c3coc4ccccc34)noc2N)cc1. The number of fused-ring (bicyclic) bond motifs is 1. The highest BCUT2D eigenvalue weighted by Crippen LogP contribution is 2.34. The number of furan rings is 1. The second-order valence-electron chi connectivity index (χ2n) is 5.95. The molecule has 2 heterocycles. The zero-order valence-electron chi connectivity index (χ0n) is 14.6. The van der Waals surface area contributed by atoms with Gasteiger partial charge in [-0.3, -0.25) is 4.79 Å². The van der Waals surface area contributed by atoms with Gasteiger partial charge in [0, 0.05) is 11.9 Å². The van der Waals surface area contributed by atoms with Crippen LogP contribution in [0.5, 0.6) is 5.75 Å². The van der Waals surface area contributed by atoms with Crippen LogP contribution >= 0.6 is 0 Å². The van der Waals surface area contributed by atoms with Crippen LogP contribution in [0.4, 0.5) is 5.88 Å². The lowest BCUT2D eigenvalue weighted by Gasteiger charge is -2.06. The number of methoxy groups -OCH3 is 1. The molecule has 0 atom stereocenters. The molecule has 0 saturated heterocycles. The first kappa shape index (κ1) is 16.7. The Balaban J connectivity index is 1.60. The average Bonchev–Trinajstić information content (AvgIpc) is 3.29. The Kier molecular flexibility index (Phi) is 4.25. The Labute approximate surface area is 154 Å². The van der Waals surface area contributed by atoms with Crippen LogP contribution in [-0.2, 0) is 6.54 Å². The van der Waals surface area contributed by atoms with Gasteiger partial charge in [-0.2, -0.15) is 0 Å². The van der Waals surface area contributed by atoms with Crippen molar-refractivity contribution in [3.05, 3.63) is 65.9 Å². The van der Waals surface area contributed by atoms with Gasteiger partial charge in [0.1, 0.15) is 28.9 Å². The summed E-state index contributed by atoms with van der Waals surface area (Å²) in [5.74, 6) is 0.342. The number of para-hydroxylation sites is 1. The smallest absolute Gasteiger partial charge is 0.259 e. The molecule has 7 nitrogen and oxygen atoms in total. The van der Waals surface area contributed by atoms with Crippen LogP contribution in [0.25, 0.3) is 22.2 Å². The van der Waals surface area contributed by atoms with E-state index >= 15 is 0 Å². The van der Waals surface area contributed by atoms with E-state index in [1.807, 2.05) is 48.5 Å². The summed E-state index contributed by atoms with van der Waals surface area (Å²) in [6.07, 6.45) is 1.54. The fraction of sp³-hybridized carbons (Fsp3) is 0.100. The van der Waals surface area contributed by atoms with Gasteiger partial charge in [-0.05, 0) is 23.8 Å². The number of carbonyl (C=O) groups excluding carboxylic acids is 1. The summed E-state index contributed by atoms with van der Waals surface area (Å²) in [4.78, 5) is 12.7. The van der Waals surface area contributed by atoms with Crippen LogP contribution in [0.2, 0.25) is 0 Å². The number of aromatic nitrogens is 1. The molecule has 4 aromatic rings. The number of hydrogen-bond acceptors (Lipinski definition) is 6. The number of hydrogen-bond donors (Lipinski definition) is 2. The Morgan fingerprint density at radius 3 is 2.74 bits per heavy atom. The van der Waals surface area contributed by atoms with Gasteiger partial charge in [-0.1, -0.05) is 35.5 Å². The van der Waals surface area contributed by atoms with Crippen molar-refractivity contribution in [3.63, 3.8) is 0 Å². The molecule has 3 N–H and O–H groups in total. The molecule has 27 heavy (non-hydrogen) atoms. The molecular formula is C20H17N3O4. The summed E-state index contributed by atoms with van der Waals surface area (Å²) in [5.41, 5.74) is 8.68. The maximum atomic E-state index is 12.7. The highest BCUT2D eigenvalue weighted by Gasteiger charge is 2.24. The lowest BCUT2D eigenvalue weighted by Crippen LogP contribution is -2.23. The van der Waals surface area contributed by atoms with Gasteiger partial charge in [0.2, 0.25) is 5.88 Å². The number of nitrogens with zero attached hydrogens (tertiary/aromatic N) is 1. The van der Waals surface area contributed by atoms with E-state index in [4.69, 9.17) is 19.4 Å². The quantitative estimate of drug-likeness (QED) is 0.561. The number of anilines is 1. The van der Waals surface area contributed by atoms with Crippen molar-refractivity contribution in [3.8, 4) is 17.0 Å². The Bertz CT molecular complexity index is 1100. The van der Waals surface area contributed by atoms with Crippen molar-refractivity contribution in [1.29, 1.82) is 0 Å². The van der Waals surface area contributed by atoms with Gasteiger partial charge in [-0.15, -0.1) is 0 Å². The monoisotopic (exact) mass is 363 g/mol. The third kappa shape index (κ3) is 3.10. The van der Waals surface area contributed by atoms with Gasteiger partial charge < -0.3 is 24.7 Å². The maximum absolute atomic E-state index is 12.7. The minimum absolute atomic E-state index is 0.0393. The molecule has 0 radical (unpaired) electrons. The summed E-state index contributed by atoms with van der Waals surface area (Å²) in [5, 5.41) is 7.64. The summed E-state index contributed by atoms with van der Waals surface area (Å²) in [7, 11) is 1.60. The number of benzene rings is 2. The van der Waals surface area contributed by atoms with E-state index in [1.165, 1.54) is 0 Å². The van der Waals surface area contributed by atoms with Gasteiger partial charge in [0.25, 0.3) is 5.91 Å². The van der Waals surface area contributed by atoms with E-state index in [9.17, 15) is 4.79 Å². The number of ether oxygens (including phenoxy) is 1. The standard InChI is InChI=1S/C20H17N3O4/c1-25-13-8-6-12(7-9-13)10-22-20(24)17-18(23-27-19(17)21)15-11-26-16-5-3-2-4-14(15)16/h2-9,11H,10,21H2,1H3,(H,22,24). The minimum atomic E-state index is -0.371. The molecule has 136 valence electrons. The Morgan fingerprint density at radius 1 is 1.19 bits per heavy atom. The molecule has 7 heteroatoms. The second kappa shape index (κ2) is 6.87. The Morgan fingerprint density at radius 2 is 1.96 bits per heavy atom. The number of amides is 1. The zero-order chi connectivity index (χ0) is 18.8. The normalized spacial score (nSPS) is 10.9. The highest BCUT2D eigenvalue weighted by molar-refractivity contribution is 6.06. The molecular weight excluding hydrogens is 346 g/mol. The summed E-state index contributed by atoms with van der Waals surface area (Å²) in [6, 6.07) is 14.9. The molecule has 2 aromatic heterocycles. The first-order valence-corrected chi connectivity index (χ1v) is 8.30. The van der Waals surface area contributed by atoms with Crippen molar-refractivity contribution in [1.82, 2.24) is 10.5 Å². The van der Waals surface area contributed by atoms with E-state index in [0.717, 1.165) is 16.7 Å². The molecule has 1 amide bonds. The highest BCUT2D eigenvalue weighted by atomic mass is 16.5. The van der Waals surface area contributed by atoms with E-state index in [0.29, 0.717) is 23.4 Å². The van der Waals surface area contributed by atoms with E-state index in [2.05, 4.69) is 10.5 Å². The maximum Gasteiger partial charge on any atom is 0.259 e. The number of rotatable bonds is 5. The lowest BCUT2D eigenvalue weighted by atomic mass is 10.1. The van der Waals surface area contributed by atoms with Crippen LogP contribution in [0.1, 0.15) is 15.9 Å². The van der Waals surface area contributed by atoms with Crippen molar-refractivity contribution in [2.24, 2.45) is 0 Å². The largest absolute Gasteiger partial charge is 0.497 e. The number of nitrogens with one attached hydrogen (secondary N) is 1. The number of carbonyl (C=O) groups is 1. The molecule has 4 rings (SSSR count). The number of nitrogens with two attached hydrogens (primary N) is 1. The zero-order valence-corrected chi connectivity index (χ0v) is 14.6. The average molecular weight is 363 g/mol. The molecule has 0 spiro atoms. The van der Waals surface area contributed by atoms with Crippen LogP contribution in [0.3, 0.4) is 0 Å². The fourth-order valence-electron chi connectivity index (χ4n) is 2.88. The van der Waals surface area contributed by atoms with Crippen molar-refractivity contribution in [2.75, 3.05) is 12.8 Å². The van der Waals surface area contributed by atoms with Crippen LogP contribution in [0, 0.1) is 0 Å². The molecule has 0 fully saturated rings. The Hall–Kier alpha value is -3.74. The van der Waals surface area contributed by atoms with Gasteiger partial charge in [-0.25, -0.2) is 0 Å². The van der Waals surface area contributed by atoms with Crippen LogP contribution in [0.15, 0.2) is 63.7 Å². The van der Waals surface area contributed by atoms with E-state index in [-0.39, 0.29) is 17.4 Å². The van der Waals surface area contributed by atoms with Crippen molar-refractivity contribution < 1.29 is 18.5 Å². The number of nitrogen functional groups attached to an aromatic ring is 1. The first-order valence-electron chi connectivity index (χ1n) is 8.30. The summed E-state index contributed by atoms with van der Waals surface area (Å²) < 4.78 is 15.7. The fourth-order valence-corrected chi connectivity index (χ4v) is 2.88. The van der Waals surface area contributed by atoms with Gasteiger partial charge in [0.15, 0.2) is 0 Å². The molecule has 0 bridgehead atoms. The molecule has 0 aliphatic rings. The molecule has 0 aliphatic heterocycles. The predicted octanol–water partition coefficient (Wildman–Crippen LogP) is 3.61. The van der Waals surface area contributed by atoms with Gasteiger partial charge >= 0.3 is 0 Å². The third-order valence-electron chi connectivity index (χ3n) is 4.29. The van der Waals surface area contributed by atoms with E-state index < -0.39 is 0 Å². The van der Waals surface area contributed by atoms with Gasteiger partial charge in [0.05, 0.1) is 12.7 Å². The van der Waals surface area contributed by atoms with Crippen LogP contribution < -0.4 is 15.8 Å². The third-order valence-corrected chi connectivity index (χ3v) is 4.29.